The minimum Gasteiger partial charge on any atom is -0.479 e. The first kappa shape index (κ1) is 20.6. The van der Waals surface area contributed by atoms with Crippen LogP contribution in [-0.2, 0) is 9.53 Å². The van der Waals surface area contributed by atoms with E-state index in [9.17, 15) is 9.90 Å². The summed E-state index contributed by atoms with van der Waals surface area (Å²) in [6.07, 6.45) is -1.42. The second-order valence-corrected chi connectivity index (χ2v) is 7.88. The molecule has 28 heavy (non-hydrogen) atoms. The lowest BCUT2D eigenvalue weighted by atomic mass is 9.89. The Morgan fingerprint density at radius 2 is 1.71 bits per heavy atom. The van der Waals surface area contributed by atoms with Crippen LogP contribution in [0.25, 0.3) is 22.0 Å². The number of hydrogen-bond acceptors (Lipinski definition) is 3. The maximum absolute atomic E-state index is 12.1. The van der Waals surface area contributed by atoms with Crippen molar-refractivity contribution in [2.45, 2.75) is 39.9 Å². The zero-order valence-corrected chi connectivity index (χ0v) is 17.6. The minimum absolute atomic E-state index is 0.269. The van der Waals surface area contributed by atoms with E-state index in [4.69, 9.17) is 27.9 Å². The third-order valence-electron chi connectivity index (χ3n) is 4.53. The van der Waals surface area contributed by atoms with E-state index in [1.807, 2.05) is 45.0 Å². The zero-order chi connectivity index (χ0) is 20.6. The number of carboxylic acids is 1. The maximum atomic E-state index is 12.1. The predicted molar refractivity (Wildman–Crippen MR) is 113 cm³/mol. The van der Waals surface area contributed by atoms with Gasteiger partial charge in [0.1, 0.15) is 0 Å². The summed E-state index contributed by atoms with van der Waals surface area (Å²) in [4.78, 5) is 16.7. The van der Waals surface area contributed by atoms with Gasteiger partial charge >= 0.3 is 5.97 Å². The van der Waals surface area contributed by atoms with Crippen LogP contribution in [0.5, 0.6) is 0 Å². The van der Waals surface area contributed by atoms with Crippen LogP contribution in [0, 0.1) is 13.8 Å². The highest BCUT2D eigenvalue weighted by molar-refractivity contribution is 6.31. The normalized spacial score (nSPS) is 12.5. The second-order valence-electron chi connectivity index (χ2n) is 7.01. The van der Waals surface area contributed by atoms with Crippen LogP contribution < -0.4 is 0 Å². The number of aryl methyl sites for hydroxylation is 2. The molecule has 0 saturated carbocycles. The number of halogens is 2. The summed E-state index contributed by atoms with van der Waals surface area (Å²) in [7, 11) is 0. The maximum Gasteiger partial charge on any atom is 0.337 e. The highest BCUT2D eigenvalue weighted by Gasteiger charge is 2.30. The Balaban J connectivity index is 2.46. The van der Waals surface area contributed by atoms with E-state index < -0.39 is 12.1 Å². The standard InChI is InChI=1S/C22H21Cl2NO3/c1-11(2)28-21(22(26)27)19-13(4)25-18-8-6-15(24)10-17(18)20(19)16-7-5-14(23)9-12(16)3/h5-11,21H,1-4H3,(H,26,27). The Bertz CT molecular complexity index is 1060. The van der Waals surface area contributed by atoms with Gasteiger partial charge in [0, 0.05) is 26.7 Å². The lowest BCUT2D eigenvalue weighted by Gasteiger charge is -2.24. The zero-order valence-electron chi connectivity index (χ0n) is 16.1. The van der Waals surface area contributed by atoms with Crippen LogP contribution in [0.15, 0.2) is 36.4 Å². The molecular formula is C22H21Cl2NO3. The number of benzene rings is 2. The van der Waals surface area contributed by atoms with E-state index >= 15 is 0 Å². The average molecular weight is 418 g/mol. The molecule has 0 saturated heterocycles. The molecule has 1 atom stereocenters. The summed E-state index contributed by atoms with van der Waals surface area (Å²) in [5.41, 5.74) is 4.43. The first-order valence-corrected chi connectivity index (χ1v) is 9.69. The summed E-state index contributed by atoms with van der Waals surface area (Å²) in [5, 5.41) is 11.9. The molecule has 2 aromatic carbocycles. The first-order valence-electron chi connectivity index (χ1n) is 8.93. The number of rotatable bonds is 5. The molecule has 1 N–H and O–H groups in total. The van der Waals surface area contributed by atoms with Crippen LogP contribution in [0.3, 0.4) is 0 Å². The lowest BCUT2D eigenvalue weighted by molar-refractivity contribution is -0.153. The van der Waals surface area contributed by atoms with Crippen molar-refractivity contribution in [3.8, 4) is 11.1 Å². The number of hydrogen-bond donors (Lipinski definition) is 1. The molecule has 0 radical (unpaired) electrons. The molecule has 0 amide bonds. The van der Waals surface area contributed by atoms with E-state index in [1.165, 1.54) is 0 Å². The number of aromatic nitrogens is 1. The molecule has 0 aliphatic rings. The molecule has 146 valence electrons. The number of carbonyl (C=O) groups is 1. The largest absolute Gasteiger partial charge is 0.479 e. The monoisotopic (exact) mass is 417 g/mol. The Morgan fingerprint density at radius 3 is 2.32 bits per heavy atom. The van der Waals surface area contributed by atoms with Gasteiger partial charge in [-0.05, 0) is 74.7 Å². The van der Waals surface area contributed by atoms with Crippen LogP contribution in [0.4, 0.5) is 0 Å². The molecule has 0 aliphatic heterocycles. The SMILES string of the molecule is Cc1cc(Cl)ccc1-c1c(C(OC(C)C)C(=O)O)c(C)nc2ccc(Cl)cc12. The van der Waals surface area contributed by atoms with Gasteiger partial charge in [-0.3, -0.25) is 4.98 Å². The van der Waals surface area contributed by atoms with Crippen LogP contribution in [-0.4, -0.2) is 22.2 Å². The van der Waals surface area contributed by atoms with Gasteiger partial charge in [-0.1, -0.05) is 29.3 Å². The van der Waals surface area contributed by atoms with Crippen LogP contribution in [0.1, 0.15) is 36.8 Å². The van der Waals surface area contributed by atoms with Crippen molar-refractivity contribution >= 4 is 40.1 Å². The van der Waals surface area contributed by atoms with Crippen molar-refractivity contribution in [3.05, 3.63) is 63.3 Å². The van der Waals surface area contributed by atoms with Gasteiger partial charge in [-0.25, -0.2) is 4.79 Å². The molecule has 3 aromatic rings. The fourth-order valence-electron chi connectivity index (χ4n) is 3.41. The second kappa shape index (κ2) is 8.08. The van der Waals surface area contributed by atoms with Gasteiger partial charge in [0.25, 0.3) is 0 Å². The predicted octanol–water partition coefficient (Wildman–Crippen LogP) is 6.38. The van der Waals surface area contributed by atoms with Gasteiger partial charge in [0.05, 0.1) is 11.6 Å². The lowest BCUT2D eigenvalue weighted by Crippen LogP contribution is -2.21. The van der Waals surface area contributed by atoms with E-state index in [1.54, 1.807) is 19.1 Å². The number of carboxylic acid groups (broad SMARTS) is 1. The van der Waals surface area contributed by atoms with Crippen molar-refractivity contribution in [1.29, 1.82) is 0 Å². The number of ether oxygens (including phenoxy) is 1. The van der Waals surface area contributed by atoms with Gasteiger partial charge in [-0.15, -0.1) is 0 Å². The summed E-state index contributed by atoms with van der Waals surface area (Å²) >= 11 is 12.4. The van der Waals surface area contributed by atoms with Gasteiger partial charge in [0.2, 0.25) is 0 Å². The van der Waals surface area contributed by atoms with E-state index in [0.717, 1.165) is 27.6 Å². The highest BCUT2D eigenvalue weighted by Crippen LogP contribution is 2.40. The molecule has 1 unspecified atom stereocenters. The quantitative estimate of drug-likeness (QED) is 0.523. The molecule has 3 rings (SSSR count). The van der Waals surface area contributed by atoms with Gasteiger partial charge in [-0.2, -0.15) is 0 Å². The van der Waals surface area contributed by atoms with Crippen molar-refractivity contribution in [3.63, 3.8) is 0 Å². The van der Waals surface area contributed by atoms with E-state index in [2.05, 4.69) is 4.98 Å². The molecule has 0 spiro atoms. The van der Waals surface area contributed by atoms with Crippen LogP contribution >= 0.6 is 23.2 Å². The number of fused-ring (bicyclic) bond motifs is 1. The van der Waals surface area contributed by atoms with Crippen molar-refractivity contribution in [2.24, 2.45) is 0 Å². The molecule has 0 bridgehead atoms. The minimum atomic E-state index is -1.15. The third kappa shape index (κ3) is 4.00. The van der Waals surface area contributed by atoms with Gasteiger partial charge < -0.3 is 9.84 Å². The molecule has 0 aliphatic carbocycles. The molecule has 4 nitrogen and oxygen atoms in total. The number of pyridine rings is 1. The topological polar surface area (TPSA) is 59.4 Å². The molecular weight excluding hydrogens is 397 g/mol. The fraction of sp³-hybridized carbons (Fsp3) is 0.273. The fourth-order valence-corrected chi connectivity index (χ4v) is 3.81. The van der Waals surface area contributed by atoms with E-state index in [0.29, 0.717) is 21.3 Å². The summed E-state index contributed by atoms with van der Waals surface area (Å²) in [6.45, 7) is 7.36. The summed E-state index contributed by atoms with van der Waals surface area (Å²) < 4.78 is 5.78. The summed E-state index contributed by atoms with van der Waals surface area (Å²) in [5.74, 6) is -1.06. The Kier molecular flexibility index (Phi) is 5.94. The number of nitrogens with zero attached hydrogens (tertiary/aromatic N) is 1. The molecule has 0 fully saturated rings. The third-order valence-corrected chi connectivity index (χ3v) is 5.00. The van der Waals surface area contributed by atoms with Crippen LogP contribution in [0.2, 0.25) is 10.0 Å². The van der Waals surface area contributed by atoms with Crippen molar-refractivity contribution in [1.82, 2.24) is 4.98 Å². The van der Waals surface area contributed by atoms with E-state index in [-0.39, 0.29) is 6.10 Å². The highest BCUT2D eigenvalue weighted by atomic mass is 35.5. The Morgan fingerprint density at radius 1 is 1.07 bits per heavy atom. The molecule has 1 heterocycles. The summed E-state index contributed by atoms with van der Waals surface area (Å²) in [6, 6.07) is 11.0. The number of aliphatic carboxylic acids is 1. The Labute approximate surface area is 174 Å². The smallest absolute Gasteiger partial charge is 0.337 e. The molecule has 6 heteroatoms. The Hall–Kier alpha value is -2.14. The average Bonchev–Trinajstić information content (AvgIpc) is 2.59. The van der Waals surface area contributed by atoms with Crippen molar-refractivity contribution < 1.29 is 14.6 Å². The van der Waals surface area contributed by atoms with Gasteiger partial charge in [0.15, 0.2) is 6.10 Å². The molecule has 1 aromatic heterocycles. The first-order chi connectivity index (χ1) is 13.2. The van der Waals surface area contributed by atoms with Crippen molar-refractivity contribution in [2.75, 3.05) is 0 Å².